The van der Waals surface area contributed by atoms with Crippen molar-refractivity contribution in [3.05, 3.63) is 69.4 Å². The average Bonchev–Trinajstić information content (AvgIpc) is 3.27. The Morgan fingerprint density at radius 3 is 2.04 bits per heavy atom. The van der Waals surface area contributed by atoms with Crippen LogP contribution in [0.3, 0.4) is 0 Å². The van der Waals surface area contributed by atoms with E-state index in [1.54, 1.807) is 13.0 Å². The number of Topliss-reactive ketones (excluding diaryl/α,β-unsaturated/α-hetero) is 1. The van der Waals surface area contributed by atoms with E-state index in [1.165, 1.54) is 12.7 Å². The molecule has 9 aliphatic carbocycles. The highest BCUT2D eigenvalue weighted by Crippen LogP contribution is 2.77. The van der Waals surface area contributed by atoms with Crippen molar-refractivity contribution in [2.24, 2.45) is 61.1 Å². The van der Waals surface area contributed by atoms with E-state index in [2.05, 4.69) is 74.5 Å². The first-order valence-corrected chi connectivity index (χ1v) is 25.6. The van der Waals surface area contributed by atoms with Crippen molar-refractivity contribution in [2.45, 2.75) is 183 Å². The molecule has 10 aliphatic rings. The molecule has 0 amide bonds. The van der Waals surface area contributed by atoms with Gasteiger partial charge in [0, 0.05) is 38.9 Å². The van der Waals surface area contributed by atoms with Crippen LogP contribution in [-0.4, -0.2) is 58.1 Å². The molecule has 0 aromatic heterocycles. The number of hydrogen-bond acceptors (Lipinski definition) is 9. The second-order valence-electron chi connectivity index (χ2n) is 26.3. The molecule has 67 heavy (non-hydrogen) atoms. The molecule has 11 rings (SSSR count). The first kappa shape index (κ1) is 45.6. The van der Waals surface area contributed by atoms with Gasteiger partial charge in [-0.1, -0.05) is 80.0 Å². The summed E-state index contributed by atoms with van der Waals surface area (Å²) in [7, 11) is 1.51. The third-order valence-electron chi connectivity index (χ3n) is 23.5. The molecule has 15 atom stereocenters. The number of aliphatic hydroxyl groups is 2. The van der Waals surface area contributed by atoms with Crippen molar-refractivity contribution in [2.75, 3.05) is 7.11 Å². The largest absolute Gasteiger partial charge is 0.471 e. The molecule has 6 saturated carbocycles. The van der Waals surface area contributed by atoms with E-state index in [9.17, 15) is 29.4 Å². The van der Waals surface area contributed by atoms with E-state index >= 15 is 0 Å². The van der Waals surface area contributed by atoms with Gasteiger partial charge in [0.25, 0.3) is 0 Å². The summed E-state index contributed by atoms with van der Waals surface area (Å²) in [5, 5.41) is 24.3. The van der Waals surface area contributed by atoms with Crippen LogP contribution in [0, 0.1) is 68.0 Å². The number of ketones is 3. The van der Waals surface area contributed by atoms with Gasteiger partial charge in [-0.05, 0) is 172 Å². The van der Waals surface area contributed by atoms with Crippen molar-refractivity contribution < 1.29 is 43.6 Å². The first-order valence-electron chi connectivity index (χ1n) is 25.6. The van der Waals surface area contributed by atoms with Crippen LogP contribution >= 0.6 is 0 Å². The zero-order valence-corrected chi connectivity index (χ0v) is 42.4. The molecular weight excluding hydrogens is 841 g/mol. The standard InChI is InChI=1S/C58H74O9/c1-31-26-39-52(7,46(62)44(31)61)21-25-55(10)40-29-36(59)43-32(2)45-37(27-35(43)51(40,6)20-23-54(39,55)9)66-58(64)42(60)28-34-33(57(58,12)67-45)14-15-38-50(34,5)19-24-56(11)41-30-49(4,47(63)65-13)17-16-48(41,3)18-22-53(38,56)8/h14-15,27-29,31,39,41,46,62,64H,16-26,30H2,1-13H3. The summed E-state index contributed by atoms with van der Waals surface area (Å²) in [6, 6.07) is 1.88. The van der Waals surface area contributed by atoms with Crippen LogP contribution in [0.1, 0.15) is 175 Å². The quantitative estimate of drug-likeness (QED) is 0.264. The number of rotatable bonds is 1. The summed E-state index contributed by atoms with van der Waals surface area (Å²) < 4.78 is 19.2. The summed E-state index contributed by atoms with van der Waals surface area (Å²) in [5.41, 5.74) is 1.30. The van der Waals surface area contributed by atoms with Crippen molar-refractivity contribution in [1.29, 1.82) is 0 Å². The topological polar surface area (TPSA) is 136 Å². The third-order valence-corrected chi connectivity index (χ3v) is 23.5. The lowest BCUT2D eigenvalue weighted by Crippen LogP contribution is -2.70. The Labute approximate surface area is 397 Å². The first-order chi connectivity index (χ1) is 31.0. The summed E-state index contributed by atoms with van der Waals surface area (Å²) in [6.45, 7) is 26.3. The van der Waals surface area contributed by atoms with E-state index in [1.807, 2.05) is 26.0 Å². The molecule has 6 fully saturated rings. The minimum atomic E-state index is -2.38. The number of benzene rings is 1. The van der Waals surface area contributed by atoms with Gasteiger partial charge in [-0.2, -0.15) is 0 Å². The predicted molar refractivity (Wildman–Crippen MR) is 254 cm³/mol. The maximum absolute atomic E-state index is 14.9. The van der Waals surface area contributed by atoms with Crippen LogP contribution in [0.4, 0.5) is 0 Å². The van der Waals surface area contributed by atoms with Gasteiger partial charge in [-0.3, -0.25) is 19.2 Å². The summed E-state index contributed by atoms with van der Waals surface area (Å²) in [4.78, 5) is 56.2. The smallest absolute Gasteiger partial charge is 0.317 e. The number of fused-ring (bicyclic) bond motifs is 17. The van der Waals surface area contributed by atoms with Crippen LogP contribution in [0.5, 0.6) is 11.5 Å². The van der Waals surface area contributed by atoms with E-state index < -0.39 is 50.4 Å². The number of carbonyl (C=O) groups excluding carboxylic acids is 4. The van der Waals surface area contributed by atoms with Crippen molar-refractivity contribution in [3.63, 3.8) is 0 Å². The lowest BCUT2D eigenvalue weighted by Gasteiger charge is -2.70. The average molecular weight is 915 g/mol. The molecule has 2 N–H and O–H groups in total. The van der Waals surface area contributed by atoms with Crippen molar-refractivity contribution in [3.8, 4) is 11.5 Å². The van der Waals surface area contributed by atoms with Crippen molar-refractivity contribution >= 4 is 23.3 Å². The number of ether oxygens (including phenoxy) is 3. The molecule has 0 spiro atoms. The lowest BCUT2D eigenvalue weighted by atomic mass is 9.34. The number of methoxy groups -OCH3 is 1. The summed E-state index contributed by atoms with van der Waals surface area (Å²) in [5.74, 6) is -2.42. The Kier molecular flexibility index (Phi) is 8.93. The molecule has 0 radical (unpaired) electrons. The Bertz CT molecular complexity index is 2670. The van der Waals surface area contributed by atoms with Gasteiger partial charge in [0.05, 0.1) is 12.5 Å². The molecule has 0 saturated heterocycles. The van der Waals surface area contributed by atoms with Gasteiger partial charge in [0.1, 0.15) is 6.10 Å². The number of carbonyl (C=O) groups is 4. The molecule has 9 nitrogen and oxygen atoms in total. The molecule has 15 unspecified atom stereocenters. The third kappa shape index (κ3) is 5.00. The summed E-state index contributed by atoms with van der Waals surface area (Å²) >= 11 is 0. The van der Waals surface area contributed by atoms with Crippen molar-refractivity contribution in [1.82, 2.24) is 0 Å². The van der Waals surface area contributed by atoms with Gasteiger partial charge in [0.2, 0.25) is 11.4 Å². The van der Waals surface area contributed by atoms with Crippen LogP contribution in [0.25, 0.3) is 0 Å². The maximum atomic E-state index is 14.9. The van der Waals surface area contributed by atoms with Crippen LogP contribution in [-0.2, 0) is 24.5 Å². The van der Waals surface area contributed by atoms with Gasteiger partial charge in [-0.25, -0.2) is 0 Å². The minimum Gasteiger partial charge on any atom is -0.471 e. The molecule has 360 valence electrons. The number of hydrogen-bond donors (Lipinski definition) is 2. The fraction of sp³-hybridized carbons (Fsp3) is 0.690. The predicted octanol–water partition coefficient (Wildman–Crippen LogP) is 10.8. The Morgan fingerprint density at radius 1 is 0.731 bits per heavy atom. The van der Waals surface area contributed by atoms with Crippen LogP contribution in [0.2, 0.25) is 0 Å². The molecule has 1 aromatic rings. The Morgan fingerprint density at radius 2 is 1.36 bits per heavy atom. The van der Waals surface area contributed by atoms with Gasteiger partial charge in [0.15, 0.2) is 23.1 Å². The maximum Gasteiger partial charge on any atom is 0.317 e. The van der Waals surface area contributed by atoms with Crippen LogP contribution in [0.15, 0.2) is 52.7 Å². The minimum absolute atomic E-state index is 0.0554. The SMILES string of the molecule is COC(=O)C1(C)CCC2(C)CCC3(C)C4=CC=C5C(=CC(=O)C6(O)Oc7cc8c(c(C)c7OC56C)C(=O)C=C5C8(C)CCC6(C)C7CC(C)C(=O)C(O)C7(C)CCC56C)C4(C)CCC3(C)C2C1. The number of aliphatic hydroxyl groups excluding tert-OH is 1. The molecule has 1 aliphatic heterocycles. The number of esters is 1. The highest BCUT2D eigenvalue weighted by atomic mass is 16.7. The van der Waals surface area contributed by atoms with Gasteiger partial charge < -0.3 is 24.4 Å². The zero-order valence-electron chi connectivity index (χ0n) is 42.4. The fourth-order valence-corrected chi connectivity index (χ4v) is 18.4. The molecule has 9 heteroatoms. The second-order valence-corrected chi connectivity index (χ2v) is 26.3. The molecule has 0 bridgehead atoms. The van der Waals surface area contributed by atoms with E-state index in [0.29, 0.717) is 34.8 Å². The van der Waals surface area contributed by atoms with E-state index in [4.69, 9.17) is 14.2 Å². The lowest BCUT2D eigenvalue weighted by molar-refractivity contribution is -0.231. The fourth-order valence-electron chi connectivity index (χ4n) is 18.4. The van der Waals surface area contributed by atoms with Gasteiger partial charge in [-0.15, -0.1) is 0 Å². The van der Waals surface area contributed by atoms with E-state index in [-0.39, 0.29) is 56.8 Å². The monoisotopic (exact) mass is 915 g/mol. The molecule has 1 aromatic carbocycles. The highest BCUT2D eigenvalue weighted by molar-refractivity contribution is 6.10. The van der Waals surface area contributed by atoms with Gasteiger partial charge >= 0.3 is 11.8 Å². The highest BCUT2D eigenvalue weighted by Gasteiger charge is 2.73. The van der Waals surface area contributed by atoms with Crippen LogP contribution < -0.4 is 9.47 Å². The molecular formula is C58H74O9. The summed E-state index contributed by atoms with van der Waals surface area (Å²) in [6.07, 6.45) is 16.9. The normalized spacial score (nSPS) is 50.1. The zero-order chi connectivity index (χ0) is 48.5. The Balaban J connectivity index is 0.976. The second kappa shape index (κ2) is 13.1. The number of allylic oxidation sites excluding steroid dienone is 5. The van der Waals surface area contributed by atoms with E-state index in [0.717, 1.165) is 87.3 Å². The molecule has 1 heterocycles. The Hall–Kier alpha value is -3.82.